The number of amides is 1. The second kappa shape index (κ2) is 8.71. The molecule has 0 spiro atoms. The number of benzene rings is 1. The monoisotopic (exact) mass is 351 g/mol. The van der Waals surface area contributed by atoms with E-state index in [1.165, 1.54) is 16.8 Å². The topological polar surface area (TPSA) is 56.1 Å². The first-order valence-corrected chi connectivity index (χ1v) is 8.31. The summed E-state index contributed by atoms with van der Waals surface area (Å²) in [6, 6.07) is 3.02. The Balaban J connectivity index is 2.05. The number of ether oxygens (including phenoxy) is 1. The number of rotatable bonds is 8. The van der Waals surface area contributed by atoms with E-state index in [1.54, 1.807) is 13.1 Å². The van der Waals surface area contributed by atoms with Gasteiger partial charge in [0.2, 0.25) is 5.91 Å². The summed E-state index contributed by atoms with van der Waals surface area (Å²) in [4.78, 5) is 11.9. The Morgan fingerprint density at radius 2 is 2.16 bits per heavy atom. The van der Waals surface area contributed by atoms with Crippen LogP contribution in [0.25, 0.3) is 5.69 Å². The molecule has 0 fully saturated rings. The van der Waals surface area contributed by atoms with Crippen LogP contribution in [0.2, 0.25) is 0 Å². The van der Waals surface area contributed by atoms with Gasteiger partial charge in [-0.05, 0) is 32.4 Å². The zero-order valence-corrected chi connectivity index (χ0v) is 14.7. The van der Waals surface area contributed by atoms with E-state index in [9.17, 15) is 13.6 Å². The molecule has 1 N–H and O–H groups in total. The third-order valence-corrected chi connectivity index (χ3v) is 3.91. The fourth-order valence-electron chi connectivity index (χ4n) is 2.52. The van der Waals surface area contributed by atoms with Crippen molar-refractivity contribution in [1.82, 2.24) is 15.1 Å². The van der Waals surface area contributed by atoms with Gasteiger partial charge in [-0.25, -0.2) is 13.5 Å². The van der Waals surface area contributed by atoms with Crippen molar-refractivity contribution in [2.45, 2.75) is 39.7 Å². The van der Waals surface area contributed by atoms with E-state index in [4.69, 9.17) is 4.74 Å². The van der Waals surface area contributed by atoms with Gasteiger partial charge in [0.25, 0.3) is 0 Å². The molecule has 0 aliphatic carbocycles. The quantitative estimate of drug-likeness (QED) is 0.741. The van der Waals surface area contributed by atoms with E-state index in [1.807, 2.05) is 6.92 Å². The van der Waals surface area contributed by atoms with Gasteiger partial charge in [0.15, 0.2) is 5.82 Å². The van der Waals surface area contributed by atoms with Crippen LogP contribution in [-0.2, 0) is 9.53 Å². The number of aromatic nitrogens is 2. The Morgan fingerprint density at radius 3 is 2.84 bits per heavy atom. The highest BCUT2D eigenvalue weighted by atomic mass is 19.1. The number of carbonyl (C=O) groups excluding carboxylic acids is 1. The lowest BCUT2D eigenvalue weighted by atomic mass is 10.1. The summed E-state index contributed by atoms with van der Waals surface area (Å²) in [5, 5.41) is 6.99. The van der Waals surface area contributed by atoms with Crippen molar-refractivity contribution < 1.29 is 18.3 Å². The van der Waals surface area contributed by atoms with Crippen molar-refractivity contribution >= 4 is 5.91 Å². The normalized spacial score (nSPS) is 12.2. The second-order valence-corrected chi connectivity index (χ2v) is 5.89. The first-order valence-electron chi connectivity index (χ1n) is 8.31. The Labute approximate surface area is 146 Å². The lowest BCUT2D eigenvalue weighted by Gasteiger charge is -2.14. The molecule has 5 nitrogen and oxygen atoms in total. The third kappa shape index (κ3) is 4.85. The average molecular weight is 351 g/mol. The van der Waals surface area contributed by atoms with Gasteiger partial charge in [0, 0.05) is 23.9 Å². The number of unbranched alkanes of at least 4 members (excludes halogenated alkanes) is 1. The second-order valence-electron chi connectivity index (χ2n) is 5.89. The van der Waals surface area contributed by atoms with Gasteiger partial charge in [0.1, 0.15) is 18.1 Å². The molecule has 25 heavy (non-hydrogen) atoms. The lowest BCUT2D eigenvalue weighted by molar-refractivity contribution is -0.126. The summed E-state index contributed by atoms with van der Waals surface area (Å²) >= 11 is 0. The molecule has 0 bridgehead atoms. The largest absolute Gasteiger partial charge is 0.372 e. The van der Waals surface area contributed by atoms with E-state index >= 15 is 0 Å². The molecule has 1 aromatic heterocycles. The molecular weight excluding hydrogens is 328 g/mol. The van der Waals surface area contributed by atoms with Crippen molar-refractivity contribution in [1.29, 1.82) is 0 Å². The minimum atomic E-state index is -0.696. The maximum atomic E-state index is 14.0. The van der Waals surface area contributed by atoms with Gasteiger partial charge in [-0.1, -0.05) is 13.3 Å². The van der Waals surface area contributed by atoms with Crippen molar-refractivity contribution in [3.05, 3.63) is 47.3 Å². The van der Waals surface area contributed by atoms with Crippen LogP contribution in [0.4, 0.5) is 8.78 Å². The van der Waals surface area contributed by atoms with Crippen LogP contribution in [0, 0.1) is 18.6 Å². The van der Waals surface area contributed by atoms with Crippen LogP contribution < -0.4 is 5.32 Å². The van der Waals surface area contributed by atoms with Crippen molar-refractivity contribution in [3.8, 4) is 5.69 Å². The fraction of sp³-hybridized carbons (Fsp3) is 0.444. The highest BCUT2D eigenvalue weighted by Crippen LogP contribution is 2.22. The Kier molecular flexibility index (Phi) is 6.64. The molecule has 1 amide bonds. The summed E-state index contributed by atoms with van der Waals surface area (Å²) in [5.74, 6) is -1.56. The molecule has 0 unspecified atom stereocenters. The van der Waals surface area contributed by atoms with Gasteiger partial charge in [-0.2, -0.15) is 5.10 Å². The predicted molar refractivity (Wildman–Crippen MR) is 90.5 cm³/mol. The number of nitrogens with zero attached hydrogens (tertiary/aromatic N) is 2. The maximum Gasteiger partial charge on any atom is 0.246 e. The van der Waals surface area contributed by atoms with Crippen LogP contribution >= 0.6 is 0 Å². The van der Waals surface area contributed by atoms with E-state index in [0.717, 1.165) is 24.5 Å². The molecule has 1 heterocycles. The van der Waals surface area contributed by atoms with Gasteiger partial charge < -0.3 is 10.1 Å². The Hall–Kier alpha value is -2.28. The number of hydrogen-bond acceptors (Lipinski definition) is 3. The predicted octanol–water partition coefficient (Wildman–Crippen LogP) is 3.45. The Morgan fingerprint density at radius 1 is 1.40 bits per heavy atom. The number of nitrogens with one attached hydrogen (secondary N) is 1. The van der Waals surface area contributed by atoms with Crippen molar-refractivity contribution in [2.75, 3.05) is 13.2 Å². The zero-order valence-electron chi connectivity index (χ0n) is 14.7. The molecule has 2 aromatic rings. The van der Waals surface area contributed by atoms with Gasteiger partial charge in [-0.3, -0.25) is 4.79 Å². The van der Waals surface area contributed by atoms with Gasteiger partial charge >= 0.3 is 0 Å². The number of carbonyl (C=O) groups is 1. The summed E-state index contributed by atoms with van der Waals surface area (Å²) in [5.41, 5.74) is 1.59. The third-order valence-electron chi connectivity index (χ3n) is 3.91. The fourth-order valence-corrected chi connectivity index (χ4v) is 2.52. The van der Waals surface area contributed by atoms with Gasteiger partial charge in [0.05, 0.1) is 12.2 Å². The highest BCUT2D eigenvalue weighted by Gasteiger charge is 2.18. The molecular formula is C18H23F2N3O2. The SMILES string of the molecule is CCCCOCC(=O)N[C@H](C)c1cnn(-c2ccc(F)cc2F)c1C. The average Bonchev–Trinajstić information content (AvgIpc) is 2.93. The smallest absolute Gasteiger partial charge is 0.246 e. The summed E-state index contributed by atoms with van der Waals surface area (Å²) in [6.45, 7) is 6.20. The van der Waals surface area contributed by atoms with Crippen molar-refractivity contribution in [2.24, 2.45) is 0 Å². The summed E-state index contributed by atoms with van der Waals surface area (Å²) < 4.78 is 33.7. The van der Waals surface area contributed by atoms with Crippen LogP contribution in [0.5, 0.6) is 0 Å². The minimum Gasteiger partial charge on any atom is -0.372 e. The van der Waals surface area contributed by atoms with Crippen LogP contribution in [0.1, 0.15) is 44.0 Å². The van der Waals surface area contributed by atoms with E-state index in [-0.39, 0.29) is 24.2 Å². The van der Waals surface area contributed by atoms with Crippen LogP contribution in [0.15, 0.2) is 24.4 Å². The zero-order chi connectivity index (χ0) is 18.4. The summed E-state index contributed by atoms with van der Waals surface area (Å²) in [6.07, 6.45) is 3.50. The molecule has 0 saturated heterocycles. The first-order chi connectivity index (χ1) is 11.9. The molecule has 0 radical (unpaired) electrons. The van der Waals surface area contributed by atoms with Crippen LogP contribution in [-0.4, -0.2) is 28.9 Å². The Bertz CT molecular complexity index is 731. The molecule has 7 heteroatoms. The molecule has 136 valence electrons. The van der Waals surface area contributed by atoms with E-state index in [2.05, 4.69) is 17.3 Å². The lowest BCUT2D eigenvalue weighted by Crippen LogP contribution is -2.30. The molecule has 0 aliphatic rings. The molecule has 0 saturated carbocycles. The highest BCUT2D eigenvalue weighted by molar-refractivity contribution is 5.77. The molecule has 0 aliphatic heterocycles. The van der Waals surface area contributed by atoms with E-state index in [0.29, 0.717) is 12.3 Å². The maximum absolute atomic E-state index is 14.0. The minimum absolute atomic E-state index is 0.00408. The number of halogens is 2. The first kappa shape index (κ1) is 19.1. The molecule has 1 aromatic carbocycles. The molecule has 2 rings (SSSR count). The summed E-state index contributed by atoms with van der Waals surface area (Å²) in [7, 11) is 0. The van der Waals surface area contributed by atoms with Crippen LogP contribution in [0.3, 0.4) is 0 Å². The number of hydrogen-bond donors (Lipinski definition) is 1. The standard InChI is InChI=1S/C18H23F2N3O2/c1-4-5-8-25-11-18(24)22-12(2)15-10-21-23(13(15)3)17-7-6-14(19)9-16(17)20/h6-7,9-10,12H,4-5,8,11H2,1-3H3,(H,22,24)/t12-/m1/s1. The van der Waals surface area contributed by atoms with E-state index < -0.39 is 11.6 Å². The van der Waals surface area contributed by atoms with Gasteiger partial charge in [-0.15, -0.1) is 0 Å². The molecule has 1 atom stereocenters. The van der Waals surface area contributed by atoms with Crippen molar-refractivity contribution in [3.63, 3.8) is 0 Å².